The third-order valence-electron chi connectivity index (χ3n) is 1.15. The Hall–Kier alpha value is 1.43. The van der Waals surface area contributed by atoms with Crippen LogP contribution in [0.25, 0.3) is 0 Å². The number of rotatable bonds is 0. The second-order valence-corrected chi connectivity index (χ2v) is 5.41. The van der Waals surface area contributed by atoms with Gasteiger partial charge in [-0.3, -0.25) is 0 Å². The average Bonchev–Trinajstić information content (AvgIpc) is 1.69. The Morgan fingerprint density at radius 3 is 2.00 bits per heavy atom. The summed E-state index contributed by atoms with van der Waals surface area (Å²) in [7, 11) is 0.789. The molecule has 0 aromatic rings. The quantitative estimate of drug-likeness (QED) is 0.359. The molecule has 0 unspecified atom stereocenters. The van der Waals surface area contributed by atoms with E-state index in [-0.39, 0.29) is 24.0 Å². The Morgan fingerprint density at radius 2 is 1.75 bits per heavy atom. The molecule has 1 fully saturated rings. The number of thioether (sulfide) groups is 1. The fourth-order valence-corrected chi connectivity index (χ4v) is 4.23. The minimum Gasteiger partial charge on any atom is -1.00 e. The molecule has 50 valence electrons. The van der Waals surface area contributed by atoms with Crippen LogP contribution in [0.2, 0.25) is 0 Å². The average molecular weight is 262 g/mol. The molecule has 0 N–H and O–H groups in total. The molecule has 0 bridgehead atoms. The maximum Gasteiger partial charge on any atom is 0.116 e. The lowest BCUT2D eigenvalue weighted by Crippen LogP contribution is -3.00. The Kier molecular flexibility index (Phi) is 6.17. The van der Waals surface area contributed by atoms with Crippen LogP contribution in [0.1, 0.15) is 0 Å². The zero-order valence-corrected chi connectivity index (χ0v) is 8.81. The summed E-state index contributed by atoms with van der Waals surface area (Å²) in [5.74, 6) is 5.79. The molecule has 0 aromatic heterocycles. The lowest BCUT2D eigenvalue weighted by atomic mass is 10.9. The van der Waals surface area contributed by atoms with Crippen LogP contribution in [0, 0.1) is 0 Å². The molecule has 1 saturated heterocycles. The summed E-state index contributed by atoms with van der Waals surface area (Å²) in [6.45, 7) is 0. The highest BCUT2D eigenvalue weighted by Crippen LogP contribution is 2.10. The van der Waals surface area contributed by atoms with Gasteiger partial charge in [-0.15, -0.1) is 0 Å². The van der Waals surface area contributed by atoms with Crippen molar-refractivity contribution < 1.29 is 24.0 Å². The van der Waals surface area contributed by atoms with E-state index < -0.39 is 0 Å². The monoisotopic (exact) mass is 262 g/mol. The summed E-state index contributed by atoms with van der Waals surface area (Å²) in [4.78, 5) is 0. The van der Waals surface area contributed by atoms with Crippen LogP contribution in [0.4, 0.5) is 0 Å². The fraction of sp³-hybridized carbons (Fsp3) is 1.00. The highest BCUT2D eigenvalue weighted by atomic mass is 127. The fourth-order valence-electron chi connectivity index (χ4n) is 0.606. The molecular weight excluding hydrogens is 251 g/mol. The predicted molar refractivity (Wildman–Crippen MR) is 40.3 cm³/mol. The van der Waals surface area contributed by atoms with Crippen LogP contribution in [-0.4, -0.2) is 29.3 Å². The van der Waals surface area contributed by atoms with Crippen LogP contribution in [0.15, 0.2) is 0 Å². The standard InChI is InChI=1S/C5H11S2.HI/c1-7-4-2-6-3-5-7;/h2-5H2,1H3;1H/q+1;/p-1. The van der Waals surface area contributed by atoms with E-state index in [2.05, 4.69) is 18.0 Å². The second kappa shape index (κ2) is 5.23. The van der Waals surface area contributed by atoms with E-state index >= 15 is 0 Å². The highest BCUT2D eigenvalue weighted by molar-refractivity contribution is 8.04. The molecule has 0 radical (unpaired) electrons. The molecule has 0 nitrogen and oxygen atoms in total. The molecule has 0 aliphatic carbocycles. The topological polar surface area (TPSA) is 0 Å². The first-order valence-electron chi connectivity index (χ1n) is 2.56. The molecule has 1 aliphatic rings. The molecule has 1 rings (SSSR count). The first kappa shape index (κ1) is 9.43. The minimum atomic E-state index is 0. The maximum atomic E-state index is 2.37. The van der Waals surface area contributed by atoms with Gasteiger partial charge in [0.15, 0.2) is 0 Å². The predicted octanol–water partition coefficient (Wildman–Crippen LogP) is -2.01. The number of halogens is 1. The van der Waals surface area contributed by atoms with Crippen LogP contribution in [0.3, 0.4) is 0 Å². The summed E-state index contributed by atoms with van der Waals surface area (Å²) in [5.41, 5.74) is 0. The molecule has 3 heteroatoms. The van der Waals surface area contributed by atoms with Crippen LogP contribution < -0.4 is 24.0 Å². The summed E-state index contributed by atoms with van der Waals surface area (Å²) in [5, 5.41) is 0. The Balaban J connectivity index is 0.000000490. The van der Waals surface area contributed by atoms with Crippen molar-refractivity contribution in [1.29, 1.82) is 0 Å². The SMILES string of the molecule is C[S+]1CCSCC1.[I-]. The molecule has 0 atom stereocenters. The van der Waals surface area contributed by atoms with Crippen molar-refractivity contribution in [1.82, 2.24) is 0 Å². The molecule has 0 spiro atoms. The summed E-state index contributed by atoms with van der Waals surface area (Å²) >= 11 is 2.11. The van der Waals surface area contributed by atoms with E-state index in [1.165, 1.54) is 23.0 Å². The molecule has 1 aliphatic heterocycles. The van der Waals surface area contributed by atoms with Crippen molar-refractivity contribution in [3.63, 3.8) is 0 Å². The molecule has 0 aromatic carbocycles. The van der Waals surface area contributed by atoms with Crippen LogP contribution >= 0.6 is 11.8 Å². The smallest absolute Gasteiger partial charge is 0.116 e. The maximum absolute atomic E-state index is 2.37. The molecule has 8 heavy (non-hydrogen) atoms. The van der Waals surface area contributed by atoms with E-state index in [4.69, 9.17) is 0 Å². The van der Waals surface area contributed by atoms with Crippen molar-refractivity contribution in [3.05, 3.63) is 0 Å². The first-order valence-corrected chi connectivity index (χ1v) is 5.69. The van der Waals surface area contributed by atoms with Gasteiger partial charge in [-0.05, 0) is 10.9 Å². The summed E-state index contributed by atoms with van der Waals surface area (Å²) < 4.78 is 0. The largest absolute Gasteiger partial charge is 1.00 e. The van der Waals surface area contributed by atoms with Gasteiger partial charge in [-0.2, -0.15) is 11.8 Å². The minimum absolute atomic E-state index is 0. The third-order valence-corrected chi connectivity index (χ3v) is 4.46. The normalized spacial score (nSPS) is 22.1. The lowest BCUT2D eigenvalue weighted by molar-refractivity contribution is -0.00000146. The molecular formula is C5H11IS2. The Labute approximate surface area is 75.6 Å². The highest BCUT2D eigenvalue weighted by Gasteiger charge is 2.14. The Bertz CT molecular complexity index is 52.4. The molecule has 1 heterocycles. The van der Waals surface area contributed by atoms with Crippen molar-refractivity contribution in [2.24, 2.45) is 0 Å². The van der Waals surface area contributed by atoms with E-state index in [1.54, 1.807) is 0 Å². The molecule has 0 saturated carbocycles. The first-order chi connectivity index (χ1) is 3.39. The van der Waals surface area contributed by atoms with Crippen molar-refractivity contribution >= 4 is 22.7 Å². The van der Waals surface area contributed by atoms with Gasteiger partial charge in [-0.1, -0.05) is 0 Å². The zero-order chi connectivity index (χ0) is 5.11. The number of hydrogen-bond donors (Lipinski definition) is 0. The second-order valence-electron chi connectivity index (χ2n) is 1.80. The van der Waals surface area contributed by atoms with Gasteiger partial charge in [0.2, 0.25) is 0 Å². The Morgan fingerprint density at radius 1 is 1.25 bits per heavy atom. The van der Waals surface area contributed by atoms with Gasteiger partial charge in [0.05, 0.1) is 6.26 Å². The summed E-state index contributed by atoms with van der Waals surface area (Å²) in [6, 6.07) is 0. The van der Waals surface area contributed by atoms with Gasteiger partial charge >= 0.3 is 0 Å². The summed E-state index contributed by atoms with van der Waals surface area (Å²) in [6.07, 6.45) is 2.37. The van der Waals surface area contributed by atoms with Gasteiger partial charge in [0.25, 0.3) is 0 Å². The zero-order valence-electron chi connectivity index (χ0n) is 5.02. The van der Waals surface area contributed by atoms with Crippen molar-refractivity contribution in [2.45, 2.75) is 0 Å². The van der Waals surface area contributed by atoms with Crippen LogP contribution in [-0.2, 0) is 10.9 Å². The number of hydrogen-bond acceptors (Lipinski definition) is 1. The van der Waals surface area contributed by atoms with E-state index in [0.717, 1.165) is 10.9 Å². The lowest BCUT2D eigenvalue weighted by Gasteiger charge is -2.07. The van der Waals surface area contributed by atoms with Crippen molar-refractivity contribution in [3.8, 4) is 0 Å². The van der Waals surface area contributed by atoms with E-state index in [9.17, 15) is 0 Å². The van der Waals surface area contributed by atoms with Gasteiger partial charge in [-0.25, -0.2) is 0 Å². The van der Waals surface area contributed by atoms with E-state index in [0.29, 0.717) is 0 Å². The molecule has 0 amide bonds. The van der Waals surface area contributed by atoms with Crippen molar-refractivity contribution in [2.75, 3.05) is 29.3 Å². The van der Waals surface area contributed by atoms with E-state index in [1.807, 2.05) is 0 Å². The van der Waals surface area contributed by atoms with Gasteiger partial charge < -0.3 is 24.0 Å². The van der Waals surface area contributed by atoms with Gasteiger partial charge in [0.1, 0.15) is 11.5 Å². The van der Waals surface area contributed by atoms with Gasteiger partial charge in [0, 0.05) is 11.5 Å². The van der Waals surface area contributed by atoms with Crippen LogP contribution in [0.5, 0.6) is 0 Å². The third kappa shape index (κ3) is 3.45.